The number of hydrogen-bond donors (Lipinski definition) is 2. The molecule has 4 rings (SSSR count). The van der Waals surface area contributed by atoms with E-state index in [0.29, 0.717) is 22.5 Å². The Balaban J connectivity index is 1.54. The molecule has 0 radical (unpaired) electrons. The molecule has 0 atom stereocenters. The topological polar surface area (TPSA) is 99.1 Å². The van der Waals surface area contributed by atoms with Gasteiger partial charge in [-0.3, -0.25) is 14.4 Å². The average Bonchev–Trinajstić information content (AvgIpc) is 2.94. The molecule has 0 spiro atoms. The zero-order chi connectivity index (χ0) is 26.9. The van der Waals surface area contributed by atoms with Crippen molar-refractivity contribution in [1.29, 1.82) is 5.26 Å². The zero-order valence-corrected chi connectivity index (χ0v) is 20.8. The van der Waals surface area contributed by atoms with Crippen molar-refractivity contribution in [3.63, 3.8) is 0 Å². The Kier molecular flexibility index (Phi) is 8.22. The van der Waals surface area contributed by atoms with Crippen LogP contribution in [0.3, 0.4) is 0 Å². The van der Waals surface area contributed by atoms with Gasteiger partial charge in [0, 0.05) is 22.9 Å². The van der Waals surface area contributed by atoms with E-state index in [9.17, 15) is 14.4 Å². The van der Waals surface area contributed by atoms with Gasteiger partial charge >= 0.3 is 0 Å². The summed E-state index contributed by atoms with van der Waals surface area (Å²) in [6.45, 7) is 1.98. The number of amides is 2. The molecule has 4 aromatic rings. The number of ketones is 1. The molecule has 0 aromatic heterocycles. The standard InChI is InChI=1S/C32H25N3O3/c1-22-7-9-24(10-8-22)19-31(37)35-29-17-16-27(20-28(29)32(38)26-5-3-2-4-6-26)34-30(36)18-15-23-11-13-25(21-33)14-12-23/h2-18,20H,19H2,1H3,(H,34,36)(H,35,37)/b18-15+. The van der Waals surface area contributed by atoms with Crippen molar-refractivity contribution in [3.05, 3.63) is 137 Å². The minimum Gasteiger partial charge on any atom is -0.325 e. The van der Waals surface area contributed by atoms with Crippen molar-refractivity contribution < 1.29 is 14.4 Å². The Morgan fingerprint density at radius 1 is 0.842 bits per heavy atom. The maximum Gasteiger partial charge on any atom is 0.248 e. The molecule has 2 N–H and O–H groups in total. The van der Waals surface area contributed by atoms with E-state index in [-0.39, 0.29) is 29.6 Å². The second-order valence-electron chi connectivity index (χ2n) is 8.72. The fraction of sp³-hybridized carbons (Fsp3) is 0.0625. The molecule has 6 nitrogen and oxygen atoms in total. The molecule has 0 aliphatic carbocycles. The normalized spacial score (nSPS) is 10.5. The summed E-state index contributed by atoms with van der Waals surface area (Å²) in [6, 6.07) is 30.1. The van der Waals surface area contributed by atoms with Crippen LogP contribution in [0.4, 0.5) is 11.4 Å². The maximum atomic E-state index is 13.3. The molecule has 0 fully saturated rings. The third kappa shape index (κ3) is 6.90. The lowest BCUT2D eigenvalue weighted by Crippen LogP contribution is -2.18. The van der Waals surface area contributed by atoms with E-state index in [1.165, 1.54) is 6.08 Å². The molecule has 0 heterocycles. The maximum absolute atomic E-state index is 13.3. The molecule has 2 amide bonds. The summed E-state index contributed by atoms with van der Waals surface area (Å²) < 4.78 is 0. The zero-order valence-electron chi connectivity index (χ0n) is 20.8. The minimum absolute atomic E-state index is 0.165. The van der Waals surface area contributed by atoms with E-state index in [4.69, 9.17) is 5.26 Å². The summed E-state index contributed by atoms with van der Waals surface area (Å²) in [5.41, 5.74) is 4.78. The van der Waals surface area contributed by atoms with Gasteiger partial charge in [-0.2, -0.15) is 5.26 Å². The second kappa shape index (κ2) is 12.1. The quantitative estimate of drug-likeness (QED) is 0.232. The molecular formula is C32H25N3O3. The van der Waals surface area contributed by atoms with Crippen LogP contribution in [-0.2, 0) is 16.0 Å². The number of nitrogens with one attached hydrogen (secondary N) is 2. The number of aryl methyl sites for hydroxylation is 1. The third-order valence-electron chi connectivity index (χ3n) is 5.79. The first kappa shape index (κ1) is 25.8. The summed E-state index contributed by atoms with van der Waals surface area (Å²) in [6.07, 6.45) is 3.17. The van der Waals surface area contributed by atoms with Gasteiger partial charge in [-0.1, -0.05) is 72.3 Å². The number of benzene rings is 4. The molecule has 0 unspecified atom stereocenters. The lowest BCUT2D eigenvalue weighted by Gasteiger charge is -2.13. The van der Waals surface area contributed by atoms with E-state index in [1.54, 1.807) is 72.8 Å². The van der Waals surface area contributed by atoms with Crippen molar-refractivity contribution >= 4 is 35.0 Å². The van der Waals surface area contributed by atoms with Gasteiger partial charge in [0.2, 0.25) is 11.8 Å². The Morgan fingerprint density at radius 3 is 2.24 bits per heavy atom. The molecule has 186 valence electrons. The van der Waals surface area contributed by atoms with Crippen molar-refractivity contribution in [1.82, 2.24) is 0 Å². The molecule has 0 aliphatic rings. The predicted molar refractivity (Wildman–Crippen MR) is 149 cm³/mol. The van der Waals surface area contributed by atoms with Gasteiger partial charge < -0.3 is 10.6 Å². The fourth-order valence-corrected chi connectivity index (χ4v) is 3.77. The SMILES string of the molecule is Cc1ccc(CC(=O)Nc2ccc(NC(=O)/C=C/c3ccc(C#N)cc3)cc2C(=O)c2ccccc2)cc1. The fourth-order valence-electron chi connectivity index (χ4n) is 3.77. The van der Waals surface area contributed by atoms with E-state index in [2.05, 4.69) is 16.7 Å². The van der Waals surface area contributed by atoms with Crippen molar-refractivity contribution in [2.45, 2.75) is 13.3 Å². The number of nitrogens with zero attached hydrogens (tertiary/aromatic N) is 1. The Morgan fingerprint density at radius 2 is 1.55 bits per heavy atom. The predicted octanol–water partition coefficient (Wildman–Crippen LogP) is 5.93. The lowest BCUT2D eigenvalue weighted by atomic mass is 10.0. The summed E-state index contributed by atoms with van der Waals surface area (Å²) in [5, 5.41) is 14.5. The van der Waals surface area contributed by atoms with Crippen LogP contribution in [0.5, 0.6) is 0 Å². The van der Waals surface area contributed by atoms with Crippen LogP contribution in [0, 0.1) is 18.3 Å². The highest BCUT2D eigenvalue weighted by molar-refractivity contribution is 6.15. The summed E-state index contributed by atoms with van der Waals surface area (Å²) in [5.74, 6) is -0.915. The van der Waals surface area contributed by atoms with Crippen LogP contribution in [0.2, 0.25) is 0 Å². The molecular weight excluding hydrogens is 474 g/mol. The molecule has 0 bridgehead atoms. The van der Waals surface area contributed by atoms with Crippen LogP contribution >= 0.6 is 0 Å². The Labute approximate surface area is 221 Å². The van der Waals surface area contributed by atoms with Gasteiger partial charge in [-0.05, 0) is 54.5 Å². The lowest BCUT2D eigenvalue weighted by molar-refractivity contribution is -0.115. The van der Waals surface area contributed by atoms with E-state index in [0.717, 1.165) is 16.7 Å². The highest BCUT2D eigenvalue weighted by atomic mass is 16.2. The molecule has 6 heteroatoms. The molecule has 0 saturated carbocycles. The number of nitriles is 1. The van der Waals surface area contributed by atoms with Crippen molar-refractivity contribution in [2.24, 2.45) is 0 Å². The van der Waals surface area contributed by atoms with Crippen LogP contribution in [0.1, 0.15) is 38.2 Å². The van der Waals surface area contributed by atoms with E-state index in [1.807, 2.05) is 37.3 Å². The summed E-state index contributed by atoms with van der Waals surface area (Å²) >= 11 is 0. The van der Waals surface area contributed by atoms with E-state index >= 15 is 0 Å². The Bertz CT molecular complexity index is 1530. The van der Waals surface area contributed by atoms with Crippen molar-refractivity contribution in [2.75, 3.05) is 10.6 Å². The van der Waals surface area contributed by atoms with Gasteiger partial charge in [0.05, 0.1) is 23.7 Å². The molecule has 38 heavy (non-hydrogen) atoms. The smallest absolute Gasteiger partial charge is 0.248 e. The highest BCUT2D eigenvalue weighted by Gasteiger charge is 2.17. The number of carbonyl (C=O) groups excluding carboxylic acids is 3. The summed E-state index contributed by atoms with van der Waals surface area (Å²) in [4.78, 5) is 38.7. The van der Waals surface area contributed by atoms with Gasteiger partial charge in [0.15, 0.2) is 5.78 Å². The number of anilines is 2. The number of hydrogen-bond acceptors (Lipinski definition) is 4. The van der Waals surface area contributed by atoms with Crippen LogP contribution in [-0.4, -0.2) is 17.6 Å². The average molecular weight is 500 g/mol. The van der Waals surface area contributed by atoms with Gasteiger partial charge in [0.25, 0.3) is 0 Å². The summed E-state index contributed by atoms with van der Waals surface area (Å²) in [7, 11) is 0. The number of rotatable bonds is 8. The Hall–Kier alpha value is -5.28. The van der Waals surface area contributed by atoms with E-state index < -0.39 is 0 Å². The molecule has 0 saturated heterocycles. The monoisotopic (exact) mass is 499 g/mol. The third-order valence-corrected chi connectivity index (χ3v) is 5.79. The van der Waals surface area contributed by atoms with Crippen LogP contribution < -0.4 is 10.6 Å². The van der Waals surface area contributed by atoms with Gasteiger partial charge in [-0.15, -0.1) is 0 Å². The largest absolute Gasteiger partial charge is 0.325 e. The first-order valence-corrected chi connectivity index (χ1v) is 12.0. The molecule has 4 aromatic carbocycles. The number of carbonyl (C=O) groups is 3. The van der Waals surface area contributed by atoms with Crippen LogP contribution in [0.25, 0.3) is 6.08 Å². The second-order valence-corrected chi connectivity index (χ2v) is 8.72. The van der Waals surface area contributed by atoms with Crippen LogP contribution in [0.15, 0.2) is 103 Å². The highest BCUT2D eigenvalue weighted by Crippen LogP contribution is 2.24. The molecule has 0 aliphatic heterocycles. The first-order valence-electron chi connectivity index (χ1n) is 12.0. The minimum atomic E-state index is -0.386. The van der Waals surface area contributed by atoms with Crippen molar-refractivity contribution in [3.8, 4) is 6.07 Å². The van der Waals surface area contributed by atoms with Gasteiger partial charge in [0.1, 0.15) is 0 Å². The van der Waals surface area contributed by atoms with Gasteiger partial charge in [-0.25, -0.2) is 0 Å². The first-order chi connectivity index (χ1) is 18.4.